The molecule has 0 N–H and O–H groups in total. The Bertz CT molecular complexity index is 820. The fraction of sp³-hybridized carbons (Fsp3) is 0.300. The van der Waals surface area contributed by atoms with Crippen LogP contribution in [0.15, 0.2) is 51.9 Å². The predicted octanol–water partition coefficient (Wildman–Crippen LogP) is 6.10. The molecule has 144 valence electrons. The van der Waals surface area contributed by atoms with E-state index in [9.17, 15) is 9.18 Å². The van der Waals surface area contributed by atoms with E-state index in [-0.39, 0.29) is 17.7 Å². The van der Waals surface area contributed by atoms with Gasteiger partial charge in [-0.1, -0.05) is 26.0 Å². The molecule has 0 spiro atoms. The third-order valence-corrected chi connectivity index (χ3v) is 4.98. The molecule has 1 atom stereocenters. The molecule has 0 saturated carbocycles. The van der Waals surface area contributed by atoms with Crippen molar-refractivity contribution in [2.75, 3.05) is 7.11 Å². The number of carbonyl (C=O) groups is 1. The van der Waals surface area contributed by atoms with Gasteiger partial charge in [0.2, 0.25) is 5.88 Å². The lowest BCUT2D eigenvalue weighted by molar-refractivity contribution is -0.149. The molecule has 7 heteroatoms. The van der Waals surface area contributed by atoms with E-state index in [0.29, 0.717) is 23.7 Å². The standard InChI is InChI=1S/C20H20Br2FNO3/c1-13(2)20(19(25)26-3,12-11-17(21)22)16-5-4-6-18(24-16)27-15-9-7-14(23)8-10-15/h4-11,13H,12H2,1-3H3. The van der Waals surface area contributed by atoms with Crippen molar-refractivity contribution in [3.63, 3.8) is 0 Å². The molecule has 1 heterocycles. The Balaban J connectivity index is 2.47. The number of aromatic nitrogens is 1. The zero-order valence-electron chi connectivity index (χ0n) is 15.2. The third-order valence-electron chi connectivity index (χ3n) is 4.33. The first-order chi connectivity index (χ1) is 12.8. The largest absolute Gasteiger partial charge is 0.468 e. The van der Waals surface area contributed by atoms with E-state index >= 15 is 0 Å². The smallest absolute Gasteiger partial charge is 0.318 e. The highest BCUT2D eigenvalue weighted by Crippen LogP contribution is 2.39. The average Bonchev–Trinajstić information content (AvgIpc) is 2.63. The van der Waals surface area contributed by atoms with Crippen LogP contribution >= 0.6 is 31.9 Å². The van der Waals surface area contributed by atoms with E-state index < -0.39 is 5.41 Å². The van der Waals surface area contributed by atoms with Gasteiger partial charge in [0.25, 0.3) is 0 Å². The summed E-state index contributed by atoms with van der Waals surface area (Å²) in [6, 6.07) is 10.9. The summed E-state index contributed by atoms with van der Waals surface area (Å²) in [5.41, 5.74) is -0.439. The highest BCUT2D eigenvalue weighted by molar-refractivity contribution is 9.28. The van der Waals surface area contributed by atoms with Gasteiger partial charge in [-0.05, 0) is 74.5 Å². The van der Waals surface area contributed by atoms with Gasteiger partial charge in [0.05, 0.1) is 16.2 Å². The summed E-state index contributed by atoms with van der Waals surface area (Å²) in [6.07, 6.45) is 2.24. The molecule has 0 radical (unpaired) electrons. The topological polar surface area (TPSA) is 48.4 Å². The molecule has 27 heavy (non-hydrogen) atoms. The number of benzene rings is 1. The van der Waals surface area contributed by atoms with Gasteiger partial charge in [0, 0.05) is 6.07 Å². The van der Waals surface area contributed by atoms with Crippen molar-refractivity contribution in [2.24, 2.45) is 5.92 Å². The van der Waals surface area contributed by atoms with Gasteiger partial charge in [-0.15, -0.1) is 0 Å². The van der Waals surface area contributed by atoms with Crippen LogP contribution in [0.1, 0.15) is 26.0 Å². The second-order valence-corrected chi connectivity index (χ2v) is 9.01. The van der Waals surface area contributed by atoms with E-state index in [1.165, 1.54) is 31.4 Å². The van der Waals surface area contributed by atoms with Crippen molar-refractivity contribution in [1.82, 2.24) is 4.98 Å². The number of allylic oxidation sites excluding steroid dienone is 1. The summed E-state index contributed by atoms with van der Waals surface area (Å²) < 4.78 is 24.7. The normalized spacial score (nSPS) is 13.0. The Hall–Kier alpha value is -1.73. The maximum absolute atomic E-state index is 13.1. The number of nitrogens with zero attached hydrogens (tertiary/aromatic N) is 1. The minimum atomic E-state index is -0.982. The zero-order valence-corrected chi connectivity index (χ0v) is 18.4. The molecular weight excluding hydrogens is 481 g/mol. The Kier molecular flexibility index (Phi) is 7.56. The zero-order chi connectivity index (χ0) is 20.0. The lowest BCUT2D eigenvalue weighted by Gasteiger charge is -2.33. The van der Waals surface area contributed by atoms with Crippen molar-refractivity contribution in [3.05, 3.63) is 63.4 Å². The minimum Gasteiger partial charge on any atom is -0.468 e. The second kappa shape index (κ2) is 9.46. The highest BCUT2D eigenvalue weighted by Gasteiger charge is 2.45. The highest BCUT2D eigenvalue weighted by atomic mass is 79.9. The Labute approximate surface area is 175 Å². The molecule has 0 amide bonds. The molecule has 0 fully saturated rings. The van der Waals surface area contributed by atoms with Crippen LogP contribution in [0.3, 0.4) is 0 Å². The van der Waals surface area contributed by atoms with Crippen molar-refractivity contribution in [3.8, 4) is 11.6 Å². The molecule has 0 saturated heterocycles. The molecule has 0 aliphatic rings. The summed E-state index contributed by atoms with van der Waals surface area (Å²) in [5.74, 6) is -0.0384. The lowest BCUT2D eigenvalue weighted by atomic mass is 9.71. The van der Waals surface area contributed by atoms with E-state index in [4.69, 9.17) is 9.47 Å². The first kappa shape index (κ1) is 21.6. The molecule has 1 unspecified atom stereocenters. The molecule has 1 aromatic carbocycles. The van der Waals surface area contributed by atoms with Gasteiger partial charge in [-0.3, -0.25) is 4.79 Å². The average molecular weight is 501 g/mol. The Morgan fingerprint density at radius 2 is 1.89 bits per heavy atom. The molecular formula is C20H20Br2FNO3. The molecule has 2 aromatic rings. The molecule has 0 bridgehead atoms. The first-order valence-corrected chi connectivity index (χ1v) is 9.88. The van der Waals surface area contributed by atoms with Crippen molar-refractivity contribution >= 4 is 37.8 Å². The molecule has 2 rings (SSSR count). The van der Waals surface area contributed by atoms with Crippen LogP contribution in [-0.2, 0) is 14.9 Å². The van der Waals surface area contributed by atoms with Crippen LogP contribution in [0.5, 0.6) is 11.6 Å². The number of carbonyl (C=O) groups excluding carboxylic acids is 1. The van der Waals surface area contributed by atoms with E-state index in [2.05, 4.69) is 36.8 Å². The van der Waals surface area contributed by atoms with Gasteiger partial charge in [-0.25, -0.2) is 9.37 Å². The quantitative estimate of drug-likeness (QED) is 0.431. The van der Waals surface area contributed by atoms with Gasteiger partial charge in [-0.2, -0.15) is 0 Å². The fourth-order valence-corrected chi connectivity index (χ4v) is 3.15. The Morgan fingerprint density at radius 1 is 1.22 bits per heavy atom. The van der Waals surface area contributed by atoms with Crippen molar-refractivity contribution in [2.45, 2.75) is 25.7 Å². The van der Waals surface area contributed by atoms with Gasteiger partial charge < -0.3 is 9.47 Å². The van der Waals surface area contributed by atoms with Gasteiger partial charge in [0.15, 0.2) is 0 Å². The number of pyridine rings is 1. The molecule has 4 nitrogen and oxygen atoms in total. The van der Waals surface area contributed by atoms with E-state index in [1.54, 1.807) is 18.2 Å². The van der Waals surface area contributed by atoms with Crippen molar-refractivity contribution in [1.29, 1.82) is 0 Å². The van der Waals surface area contributed by atoms with Crippen LogP contribution in [0.25, 0.3) is 0 Å². The Morgan fingerprint density at radius 3 is 2.44 bits per heavy atom. The van der Waals surface area contributed by atoms with E-state index in [0.717, 1.165) is 3.39 Å². The second-order valence-electron chi connectivity index (χ2n) is 6.23. The van der Waals surface area contributed by atoms with Gasteiger partial charge >= 0.3 is 5.97 Å². The summed E-state index contributed by atoms with van der Waals surface area (Å²) in [4.78, 5) is 17.3. The number of rotatable bonds is 7. The summed E-state index contributed by atoms with van der Waals surface area (Å²) >= 11 is 6.67. The third kappa shape index (κ3) is 5.17. The van der Waals surface area contributed by atoms with E-state index in [1.807, 2.05) is 19.9 Å². The van der Waals surface area contributed by atoms with Crippen molar-refractivity contribution < 1.29 is 18.7 Å². The number of hydrogen-bond acceptors (Lipinski definition) is 4. The SMILES string of the molecule is COC(=O)C(CC=C(Br)Br)(c1cccc(Oc2ccc(F)cc2)n1)C(C)C. The van der Waals surface area contributed by atoms with Crippen LogP contribution in [-0.4, -0.2) is 18.1 Å². The van der Waals surface area contributed by atoms with Gasteiger partial charge in [0.1, 0.15) is 17.0 Å². The fourth-order valence-electron chi connectivity index (χ4n) is 2.82. The monoisotopic (exact) mass is 499 g/mol. The summed E-state index contributed by atoms with van der Waals surface area (Å²) in [5, 5.41) is 0. The number of halogens is 3. The minimum absolute atomic E-state index is 0.0888. The summed E-state index contributed by atoms with van der Waals surface area (Å²) in [6.45, 7) is 3.89. The number of methoxy groups -OCH3 is 1. The number of hydrogen-bond donors (Lipinski definition) is 0. The van der Waals surface area contributed by atoms with Crippen LogP contribution in [0, 0.1) is 11.7 Å². The first-order valence-electron chi connectivity index (χ1n) is 8.30. The number of esters is 1. The predicted molar refractivity (Wildman–Crippen MR) is 110 cm³/mol. The van der Waals surface area contributed by atoms with Crippen LogP contribution in [0.4, 0.5) is 4.39 Å². The molecule has 0 aliphatic heterocycles. The van der Waals surface area contributed by atoms with Crippen LogP contribution < -0.4 is 4.74 Å². The summed E-state index contributed by atoms with van der Waals surface area (Å²) in [7, 11) is 1.37. The van der Waals surface area contributed by atoms with Crippen LogP contribution in [0.2, 0.25) is 0 Å². The lowest BCUT2D eigenvalue weighted by Crippen LogP contribution is -2.42. The maximum atomic E-state index is 13.1. The molecule has 0 aliphatic carbocycles. The maximum Gasteiger partial charge on any atom is 0.318 e. The molecule has 1 aromatic heterocycles. The number of ether oxygens (including phenoxy) is 2.